The first-order valence-corrected chi connectivity index (χ1v) is 4.84. The summed E-state index contributed by atoms with van der Waals surface area (Å²) in [6.45, 7) is 3.19. The fourth-order valence-corrected chi connectivity index (χ4v) is 2.43. The summed E-state index contributed by atoms with van der Waals surface area (Å²) in [5, 5.41) is 22.9. The maximum absolute atomic E-state index is 10.4. The van der Waals surface area contributed by atoms with Crippen LogP contribution < -0.4 is 5.32 Å². The van der Waals surface area contributed by atoms with Crippen LogP contribution in [0.15, 0.2) is 0 Å². The predicted octanol–water partition coefficient (Wildman–Crippen LogP) is -1.37. The van der Waals surface area contributed by atoms with Crippen molar-refractivity contribution in [2.75, 3.05) is 39.8 Å². The zero-order chi connectivity index (χ0) is 9.53. The van der Waals surface area contributed by atoms with Gasteiger partial charge in [0, 0.05) is 31.6 Å². The second-order valence-electron chi connectivity index (χ2n) is 4.56. The van der Waals surface area contributed by atoms with Gasteiger partial charge >= 0.3 is 0 Å². The van der Waals surface area contributed by atoms with E-state index >= 15 is 0 Å². The number of hydrogen-bond donors (Lipinski definition) is 3. The van der Waals surface area contributed by atoms with Gasteiger partial charge in [-0.05, 0) is 13.5 Å². The Hall–Kier alpha value is -0.160. The van der Waals surface area contributed by atoms with Gasteiger partial charge in [-0.15, -0.1) is 0 Å². The predicted molar refractivity (Wildman–Crippen MR) is 49.5 cm³/mol. The Labute approximate surface area is 78.5 Å². The number of β-amino-alcohol motifs (C(OH)–C–C–N with tert-alkyl or cyclic N) is 1. The van der Waals surface area contributed by atoms with Crippen molar-refractivity contribution in [3.05, 3.63) is 0 Å². The van der Waals surface area contributed by atoms with Gasteiger partial charge in [0.25, 0.3) is 0 Å². The maximum Gasteiger partial charge on any atom is 0.0888 e. The summed E-state index contributed by atoms with van der Waals surface area (Å²) in [5.74, 6) is 0. The van der Waals surface area contributed by atoms with Crippen molar-refractivity contribution in [1.29, 1.82) is 0 Å². The second-order valence-corrected chi connectivity index (χ2v) is 4.56. The van der Waals surface area contributed by atoms with Gasteiger partial charge in [-0.25, -0.2) is 0 Å². The van der Waals surface area contributed by atoms with Crippen LogP contribution >= 0.6 is 0 Å². The molecular weight excluding hydrogens is 168 g/mol. The summed E-state index contributed by atoms with van der Waals surface area (Å²) in [5.41, 5.74) is -0.959. The van der Waals surface area contributed by atoms with Crippen molar-refractivity contribution in [3.63, 3.8) is 0 Å². The van der Waals surface area contributed by atoms with E-state index in [1.165, 1.54) is 0 Å². The van der Waals surface area contributed by atoms with Crippen molar-refractivity contribution in [3.8, 4) is 0 Å². The van der Waals surface area contributed by atoms with Crippen LogP contribution in [0.5, 0.6) is 0 Å². The number of likely N-dealkylation sites (tertiary alicyclic amines) is 1. The quantitative estimate of drug-likeness (QED) is 0.498. The van der Waals surface area contributed by atoms with E-state index in [2.05, 4.69) is 10.2 Å². The number of aliphatic hydroxyl groups excluding tert-OH is 1. The zero-order valence-electron chi connectivity index (χ0n) is 8.08. The Kier molecular flexibility index (Phi) is 2.11. The Morgan fingerprint density at radius 1 is 1.46 bits per heavy atom. The average Bonchev–Trinajstić information content (AvgIpc) is 2.30. The molecule has 0 aromatic rings. The molecule has 2 fully saturated rings. The van der Waals surface area contributed by atoms with E-state index in [-0.39, 0.29) is 12.0 Å². The van der Waals surface area contributed by atoms with Crippen molar-refractivity contribution in [2.45, 2.75) is 12.0 Å². The molecule has 0 amide bonds. The molecule has 2 aliphatic heterocycles. The topological polar surface area (TPSA) is 55.7 Å². The number of likely N-dealkylation sites (N-methyl/N-ethyl adjacent to an activating group) is 1. The standard InChI is InChI=1S/C9H18N2O2/c1-11-3-2-9(13,6-11)8(7-12)4-10-5-8/h10,12-13H,2-7H2,1H3. The van der Waals surface area contributed by atoms with Crippen LogP contribution in [0.2, 0.25) is 0 Å². The minimum absolute atomic E-state index is 0.0876. The maximum atomic E-state index is 10.4. The third-order valence-corrected chi connectivity index (χ3v) is 3.66. The van der Waals surface area contributed by atoms with E-state index in [1.807, 2.05) is 7.05 Å². The van der Waals surface area contributed by atoms with Crippen LogP contribution in [0.4, 0.5) is 0 Å². The van der Waals surface area contributed by atoms with Crippen molar-refractivity contribution in [1.82, 2.24) is 10.2 Å². The number of nitrogens with one attached hydrogen (secondary N) is 1. The number of hydrogen-bond acceptors (Lipinski definition) is 4. The highest BCUT2D eigenvalue weighted by Gasteiger charge is 2.56. The van der Waals surface area contributed by atoms with E-state index in [0.29, 0.717) is 6.54 Å². The molecule has 0 aromatic carbocycles. The Morgan fingerprint density at radius 2 is 2.15 bits per heavy atom. The van der Waals surface area contributed by atoms with Gasteiger partial charge < -0.3 is 20.4 Å². The van der Waals surface area contributed by atoms with Gasteiger partial charge in [0.1, 0.15) is 0 Å². The molecule has 0 spiro atoms. The zero-order valence-corrected chi connectivity index (χ0v) is 8.08. The van der Waals surface area contributed by atoms with Gasteiger partial charge in [0.05, 0.1) is 12.2 Å². The van der Waals surface area contributed by atoms with E-state index in [9.17, 15) is 10.2 Å². The normalized spacial score (nSPS) is 39.0. The lowest BCUT2D eigenvalue weighted by atomic mass is 9.67. The largest absolute Gasteiger partial charge is 0.396 e. The summed E-state index contributed by atoms with van der Waals surface area (Å²) >= 11 is 0. The number of nitrogens with zero attached hydrogens (tertiary/aromatic N) is 1. The summed E-state index contributed by atoms with van der Waals surface area (Å²) in [6, 6.07) is 0. The fraction of sp³-hybridized carbons (Fsp3) is 1.00. The molecule has 0 saturated carbocycles. The first kappa shape index (κ1) is 9.40. The monoisotopic (exact) mass is 186 g/mol. The first-order chi connectivity index (χ1) is 6.12. The van der Waals surface area contributed by atoms with Crippen molar-refractivity contribution in [2.24, 2.45) is 5.41 Å². The molecule has 4 nitrogen and oxygen atoms in total. The van der Waals surface area contributed by atoms with Crippen molar-refractivity contribution >= 4 is 0 Å². The molecule has 0 aromatic heterocycles. The fourth-order valence-electron chi connectivity index (χ4n) is 2.43. The number of aliphatic hydroxyl groups is 2. The highest BCUT2D eigenvalue weighted by Crippen LogP contribution is 2.40. The first-order valence-electron chi connectivity index (χ1n) is 4.84. The van der Waals surface area contributed by atoms with Crippen LogP contribution in [-0.2, 0) is 0 Å². The molecule has 13 heavy (non-hydrogen) atoms. The molecule has 1 unspecified atom stereocenters. The molecule has 0 aliphatic carbocycles. The molecule has 2 aliphatic rings. The third kappa shape index (κ3) is 1.21. The highest BCUT2D eigenvalue weighted by atomic mass is 16.3. The van der Waals surface area contributed by atoms with E-state index in [0.717, 1.165) is 26.1 Å². The lowest BCUT2D eigenvalue weighted by molar-refractivity contribution is -0.127. The summed E-state index contributed by atoms with van der Waals surface area (Å²) in [7, 11) is 2.01. The molecule has 4 heteroatoms. The molecule has 1 atom stereocenters. The van der Waals surface area contributed by atoms with Crippen LogP contribution in [-0.4, -0.2) is 60.5 Å². The summed E-state index contributed by atoms with van der Waals surface area (Å²) < 4.78 is 0. The Balaban J connectivity index is 2.13. The van der Waals surface area contributed by atoms with Gasteiger partial charge in [0.2, 0.25) is 0 Å². The highest BCUT2D eigenvalue weighted by molar-refractivity contribution is 5.10. The van der Waals surface area contributed by atoms with Gasteiger partial charge in [-0.1, -0.05) is 0 Å². The molecule has 3 N–H and O–H groups in total. The molecule has 2 saturated heterocycles. The Morgan fingerprint density at radius 3 is 2.46 bits per heavy atom. The summed E-state index contributed by atoms with van der Waals surface area (Å²) in [4.78, 5) is 2.12. The van der Waals surface area contributed by atoms with Crippen LogP contribution in [0.1, 0.15) is 6.42 Å². The van der Waals surface area contributed by atoms with Crippen LogP contribution in [0, 0.1) is 5.41 Å². The van der Waals surface area contributed by atoms with Crippen LogP contribution in [0.3, 0.4) is 0 Å². The minimum atomic E-state index is -0.679. The molecular formula is C9H18N2O2. The smallest absolute Gasteiger partial charge is 0.0888 e. The number of rotatable bonds is 2. The lowest BCUT2D eigenvalue weighted by Gasteiger charge is -2.51. The lowest BCUT2D eigenvalue weighted by Crippen LogP contribution is -2.68. The van der Waals surface area contributed by atoms with Crippen molar-refractivity contribution < 1.29 is 10.2 Å². The molecule has 0 bridgehead atoms. The summed E-state index contributed by atoms with van der Waals surface area (Å²) in [6.07, 6.45) is 0.783. The van der Waals surface area contributed by atoms with Crippen LogP contribution in [0.25, 0.3) is 0 Å². The second kappa shape index (κ2) is 2.92. The van der Waals surface area contributed by atoms with Gasteiger partial charge in [-0.2, -0.15) is 0 Å². The molecule has 76 valence electrons. The van der Waals surface area contributed by atoms with E-state index in [4.69, 9.17) is 0 Å². The van der Waals surface area contributed by atoms with E-state index < -0.39 is 5.60 Å². The van der Waals surface area contributed by atoms with Gasteiger partial charge in [-0.3, -0.25) is 0 Å². The molecule has 2 rings (SSSR count). The average molecular weight is 186 g/mol. The third-order valence-electron chi connectivity index (χ3n) is 3.66. The SMILES string of the molecule is CN1CCC(O)(C2(CO)CNC2)C1. The minimum Gasteiger partial charge on any atom is -0.396 e. The Bertz CT molecular complexity index is 200. The molecule has 2 heterocycles. The molecule has 0 radical (unpaired) electrons. The van der Waals surface area contributed by atoms with E-state index in [1.54, 1.807) is 0 Å². The van der Waals surface area contributed by atoms with Gasteiger partial charge in [0.15, 0.2) is 0 Å².